The lowest BCUT2D eigenvalue weighted by molar-refractivity contribution is -0.143. The Morgan fingerprint density at radius 2 is 1.79 bits per heavy atom. The van der Waals surface area contributed by atoms with Crippen molar-refractivity contribution in [3.63, 3.8) is 0 Å². The van der Waals surface area contributed by atoms with Crippen LogP contribution < -0.4 is 0 Å². The molecule has 0 unspecified atom stereocenters. The summed E-state index contributed by atoms with van der Waals surface area (Å²) in [4.78, 5) is 28.9. The second-order valence-electron chi connectivity index (χ2n) is 7.01. The SMILES string of the molecule is CCC(=O)N1CC[C@H](c2ccccc2)[C@@H]2[C@H]1CCCCN2C(C)=O. The zero-order valence-electron chi connectivity index (χ0n) is 14.8. The number of benzene rings is 1. The van der Waals surface area contributed by atoms with E-state index in [0.29, 0.717) is 12.3 Å². The Kier molecular flexibility index (Phi) is 5.22. The van der Waals surface area contributed by atoms with Gasteiger partial charge in [0, 0.05) is 32.4 Å². The molecule has 3 atom stereocenters. The van der Waals surface area contributed by atoms with Crippen molar-refractivity contribution >= 4 is 11.8 Å². The minimum atomic E-state index is 0.108. The maximum atomic E-state index is 12.5. The van der Waals surface area contributed by atoms with Crippen LogP contribution in [0.5, 0.6) is 0 Å². The van der Waals surface area contributed by atoms with E-state index in [9.17, 15) is 9.59 Å². The zero-order valence-corrected chi connectivity index (χ0v) is 14.8. The molecule has 1 aromatic rings. The molecule has 0 aliphatic carbocycles. The van der Waals surface area contributed by atoms with E-state index in [1.54, 1.807) is 6.92 Å². The quantitative estimate of drug-likeness (QED) is 0.836. The summed E-state index contributed by atoms with van der Waals surface area (Å²) in [6.07, 6.45) is 4.59. The smallest absolute Gasteiger partial charge is 0.222 e. The summed E-state index contributed by atoms with van der Waals surface area (Å²) in [5, 5.41) is 0. The number of amides is 2. The molecule has 130 valence electrons. The number of piperidine rings is 1. The van der Waals surface area contributed by atoms with Crippen LogP contribution in [0.25, 0.3) is 0 Å². The third-order valence-electron chi connectivity index (χ3n) is 5.65. The van der Waals surface area contributed by atoms with Crippen LogP contribution in [0, 0.1) is 0 Å². The fraction of sp³-hybridized carbons (Fsp3) is 0.600. The molecule has 0 radical (unpaired) electrons. The third kappa shape index (κ3) is 3.19. The molecule has 0 aromatic heterocycles. The van der Waals surface area contributed by atoms with Crippen LogP contribution >= 0.6 is 0 Å². The summed E-state index contributed by atoms with van der Waals surface area (Å²) < 4.78 is 0. The average molecular weight is 328 g/mol. The fourth-order valence-corrected chi connectivity index (χ4v) is 4.55. The van der Waals surface area contributed by atoms with Crippen molar-refractivity contribution in [2.75, 3.05) is 13.1 Å². The Bertz CT molecular complexity index is 587. The normalized spacial score (nSPS) is 27.3. The van der Waals surface area contributed by atoms with Crippen LogP contribution in [0.4, 0.5) is 0 Å². The van der Waals surface area contributed by atoms with E-state index in [0.717, 1.165) is 38.8 Å². The molecule has 0 N–H and O–H groups in total. The van der Waals surface area contributed by atoms with Crippen LogP contribution in [0.2, 0.25) is 0 Å². The topological polar surface area (TPSA) is 40.6 Å². The minimum Gasteiger partial charge on any atom is -0.338 e. The molecule has 2 saturated heterocycles. The summed E-state index contributed by atoms with van der Waals surface area (Å²) in [6, 6.07) is 10.8. The molecule has 4 nitrogen and oxygen atoms in total. The van der Waals surface area contributed by atoms with Gasteiger partial charge in [0.05, 0.1) is 12.1 Å². The standard InChI is InChI=1S/C20H28N2O2/c1-3-19(24)22-14-12-17(16-9-5-4-6-10-16)20-18(22)11-7-8-13-21(20)15(2)23/h4-6,9-10,17-18,20H,3,7-8,11-14H2,1-2H3/t17-,18-,20-/m1/s1. The molecule has 0 bridgehead atoms. The molecule has 1 aromatic carbocycles. The molecule has 3 rings (SSSR count). The number of nitrogens with zero attached hydrogens (tertiary/aromatic N) is 2. The maximum absolute atomic E-state index is 12.5. The molecule has 2 aliphatic heterocycles. The lowest BCUT2D eigenvalue weighted by Crippen LogP contribution is -2.60. The molecule has 0 saturated carbocycles. The van der Waals surface area contributed by atoms with Gasteiger partial charge in [0.25, 0.3) is 0 Å². The van der Waals surface area contributed by atoms with Gasteiger partial charge < -0.3 is 9.80 Å². The number of likely N-dealkylation sites (tertiary alicyclic amines) is 2. The van der Waals surface area contributed by atoms with Crippen LogP contribution in [-0.2, 0) is 9.59 Å². The van der Waals surface area contributed by atoms with E-state index in [-0.39, 0.29) is 23.9 Å². The van der Waals surface area contributed by atoms with Crippen LogP contribution in [0.1, 0.15) is 57.4 Å². The second kappa shape index (κ2) is 7.37. The molecule has 24 heavy (non-hydrogen) atoms. The highest BCUT2D eigenvalue weighted by Crippen LogP contribution is 2.39. The van der Waals surface area contributed by atoms with E-state index in [2.05, 4.69) is 29.2 Å². The summed E-state index contributed by atoms with van der Waals surface area (Å²) >= 11 is 0. The summed E-state index contributed by atoms with van der Waals surface area (Å²) in [6.45, 7) is 5.22. The Balaban J connectivity index is 2.00. The van der Waals surface area contributed by atoms with Crippen molar-refractivity contribution in [2.45, 2.75) is 64.0 Å². The Morgan fingerprint density at radius 1 is 1.04 bits per heavy atom. The maximum Gasteiger partial charge on any atom is 0.222 e. The van der Waals surface area contributed by atoms with E-state index in [4.69, 9.17) is 0 Å². The van der Waals surface area contributed by atoms with Crippen LogP contribution in [0.15, 0.2) is 30.3 Å². The van der Waals surface area contributed by atoms with Crippen molar-refractivity contribution in [1.82, 2.24) is 9.80 Å². The Morgan fingerprint density at radius 3 is 2.46 bits per heavy atom. The first-order valence-corrected chi connectivity index (χ1v) is 9.25. The molecule has 2 amide bonds. The third-order valence-corrected chi connectivity index (χ3v) is 5.65. The second-order valence-corrected chi connectivity index (χ2v) is 7.01. The largest absolute Gasteiger partial charge is 0.338 e. The number of hydrogen-bond donors (Lipinski definition) is 0. The molecule has 2 heterocycles. The van der Waals surface area contributed by atoms with E-state index in [1.165, 1.54) is 5.56 Å². The fourth-order valence-electron chi connectivity index (χ4n) is 4.55. The molecule has 2 fully saturated rings. The van der Waals surface area contributed by atoms with Gasteiger partial charge in [-0.15, -0.1) is 0 Å². The van der Waals surface area contributed by atoms with Gasteiger partial charge >= 0.3 is 0 Å². The van der Waals surface area contributed by atoms with Gasteiger partial charge in [-0.2, -0.15) is 0 Å². The van der Waals surface area contributed by atoms with Crippen molar-refractivity contribution < 1.29 is 9.59 Å². The van der Waals surface area contributed by atoms with E-state index < -0.39 is 0 Å². The summed E-state index contributed by atoms with van der Waals surface area (Å²) in [7, 11) is 0. The van der Waals surface area contributed by atoms with Gasteiger partial charge in [-0.05, 0) is 31.2 Å². The van der Waals surface area contributed by atoms with E-state index in [1.807, 2.05) is 17.9 Å². The van der Waals surface area contributed by atoms with Crippen molar-refractivity contribution in [1.29, 1.82) is 0 Å². The Labute approximate surface area is 144 Å². The van der Waals surface area contributed by atoms with Gasteiger partial charge in [-0.25, -0.2) is 0 Å². The van der Waals surface area contributed by atoms with Gasteiger partial charge in [0.2, 0.25) is 11.8 Å². The first-order valence-electron chi connectivity index (χ1n) is 9.25. The first-order chi connectivity index (χ1) is 11.6. The van der Waals surface area contributed by atoms with Gasteiger partial charge in [-0.1, -0.05) is 37.3 Å². The zero-order chi connectivity index (χ0) is 17.1. The van der Waals surface area contributed by atoms with Crippen LogP contribution in [-0.4, -0.2) is 46.8 Å². The highest BCUT2D eigenvalue weighted by molar-refractivity contribution is 5.77. The highest BCUT2D eigenvalue weighted by atomic mass is 16.2. The monoisotopic (exact) mass is 328 g/mol. The molecular formula is C20H28N2O2. The summed E-state index contributed by atoms with van der Waals surface area (Å²) in [5.41, 5.74) is 1.30. The van der Waals surface area contributed by atoms with Crippen molar-refractivity contribution in [3.8, 4) is 0 Å². The molecule has 4 heteroatoms. The average Bonchev–Trinajstić information content (AvgIpc) is 2.84. The number of fused-ring (bicyclic) bond motifs is 1. The molecular weight excluding hydrogens is 300 g/mol. The van der Waals surface area contributed by atoms with Crippen LogP contribution in [0.3, 0.4) is 0 Å². The summed E-state index contributed by atoms with van der Waals surface area (Å²) in [5.74, 6) is 0.680. The number of carbonyl (C=O) groups is 2. The number of hydrogen-bond acceptors (Lipinski definition) is 2. The lowest BCUT2D eigenvalue weighted by atomic mass is 9.78. The van der Waals surface area contributed by atoms with E-state index >= 15 is 0 Å². The first kappa shape index (κ1) is 17.0. The number of carbonyl (C=O) groups excluding carboxylic acids is 2. The predicted molar refractivity (Wildman–Crippen MR) is 94.6 cm³/mol. The van der Waals surface area contributed by atoms with Gasteiger partial charge in [0.15, 0.2) is 0 Å². The Hall–Kier alpha value is -1.84. The van der Waals surface area contributed by atoms with Gasteiger partial charge in [0.1, 0.15) is 0 Å². The van der Waals surface area contributed by atoms with Crippen molar-refractivity contribution in [3.05, 3.63) is 35.9 Å². The predicted octanol–water partition coefficient (Wildman–Crippen LogP) is 3.18. The lowest BCUT2D eigenvalue weighted by Gasteiger charge is -2.49. The van der Waals surface area contributed by atoms with Crippen molar-refractivity contribution in [2.24, 2.45) is 0 Å². The number of rotatable bonds is 2. The highest BCUT2D eigenvalue weighted by Gasteiger charge is 2.44. The minimum absolute atomic E-state index is 0.108. The molecule has 0 spiro atoms. The molecule has 2 aliphatic rings. The van der Waals surface area contributed by atoms with Gasteiger partial charge in [-0.3, -0.25) is 9.59 Å².